The Morgan fingerprint density at radius 3 is 2.40 bits per heavy atom. The fourth-order valence-electron chi connectivity index (χ4n) is 4.78. The van der Waals surface area contributed by atoms with Crippen molar-refractivity contribution in [1.82, 2.24) is 4.90 Å². The van der Waals surface area contributed by atoms with Crippen LogP contribution in [0.25, 0.3) is 0 Å². The molecule has 0 saturated carbocycles. The molecule has 0 radical (unpaired) electrons. The van der Waals surface area contributed by atoms with E-state index in [-0.39, 0.29) is 26.2 Å². The Kier molecular flexibility index (Phi) is 8.20. The summed E-state index contributed by atoms with van der Waals surface area (Å²) in [6.07, 6.45) is -0.414. The molecule has 3 aromatic rings. The molecule has 0 aromatic heterocycles. The standard InChI is InChI=1S/C31H31Cl2NO8/c1-30(2,3)42-29(36)34-15-20-14-27-26(13-19(20)12-25(34)28(35)38-4)40-17-31(37,41-27)21-6-8-22(9-7-21)39-16-18-5-10-23(32)24(33)11-18/h5-11,13-14,25,37H,12,15-17H2,1-4H3/t25?,31-/m1/s1. The molecule has 1 N–H and O–H groups in total. The fraction of sp³-hybridized carbons (Fsp3) is 0.355. The van der Waals surface area contributed by atoms with E-state index in [0.29, 0.717) is 32.9 Å². The number of aliphatic hydroxyl groups is 1. The first-order chi connectivity index (χ1) is 19.8. The first-order valence-electron chi connectivity index (χ1n) is 13.3. The molecule has 9 nitrogen and oxygen atoms in total. The van der Waals surface area contributed by atoms with Gasteiger partial charge < -0.3 is 28.8 Å². The summed E-state index contributed by atoms with van der Waals surface area (Å²) in [5.41, 5.74) is 2.12. The van der Waals surface area contributed by atoms with Crippen LogP contribution in [0, 0.1) is 0 Å². The number of rotatable bonds is 5. The maximum atomic E-state index is 13.0. The van der Waals surface area contributed by atoms with Crippen LogP contribution >= 0.6 is 23.2 Å². The molecular formula is C31H31Cl2NO8. The third-order valence-corrected chi connectivity index (χ3v) is 7.63. The lowest BCUT2D eigenvalue weighted by Crippen LogP contribution is -2.50. The van der Waals surface area contributed by atoms with Crippen LogP contribution in [0.2, 0.25) is 10.0 Å². The highest BCUT2D eigenvalue weighted by molar-refractivity contribution is 6.42. The van der Waals surface area contributed by atoms with Gasteiger partial charge in [0.05, 0.1) is 23.7 Å². The molecule has 1 amide bonds. The van der Waals surface area contributed by atoms with Crippen molar-refractivity contribution in [2.45, 2.75) is 57.8 Å². The average Bonchev–Trinajstić information content (AvgIpc) is 2.95. The van der Waals surface area contributed by atoms with Crippen LogP contribution in [-0.2, 0) is 39.6 Å². The maximum Gasteiger partial charge on any atom is 0.411 e. The second kappa shape index (κ2) is 11.6. The highest BCUT2D eigenvalue weighted by Gasteiger charge is 2.41. The number of ether oxygens (including phenoxy) is 5. The average molecular weight is 616 g/mol. The molecule has 3 aromatic carbocycles. The van der Waals surface area contributed by atoms with Crippen LogP contribution in [0.5, 0.6) is 17.2 Å². The fourth-order valence-corrected chi connectivity index (χ4v) is 5.10. The molecule has 42 heavy (non-hydrogen) atoms. The Morgan fingerprint density at radius 2 is 1.74 bits per heavy atom. The summed E-state index contributed by atoms with van der Waals surface area (Å²) < 4.78 is 28.4. The van der Waals surface area contributed by atoms with Gasteiger partial charge in [0.2, 0.25) is 0 Å². The molecule has 0 spiro atoms. The minimum atomic E-state index is -1.77. The lowest BCUT2D eigenvalue weighted by atomic mass is 9.93. The zero-order valence-corrected chi connectivity index (χ0v) is 25.1. The summed E-state index contributed by atoms with van der Waals surface area (Å²) in [5.74, 6) is -0.989. The van der Waals surface area contributed by atoms with Crippen molar-refractivity contribution in [3.63, 3.8) is 0 Å². The number of fused-ring (bicyclic) bond motifs is 2. The lowest BCUT2D eigenvalue weighted by molar-refractivity contribution is -0.182. The maximum absolute atomic E-state index is 13.0. The molecule has 2 atom stereocenters. The third kappa shape index (κ3) is 6.38. The number of methoxy groups -OCH3 is 1. The minimum absolute atomic E-state index is 0.0873. The van der Waals surface area contributed by atoms with Crippen LogP contribution in [0.3, 0.4) is 0 Å². The van der Waals surface area contributed by atoms with Gasteiger partial charge in [-0.25, -0.2) is 9.59 Å². The van der Waals surface area contributed by atoms with E-state index < -0.39 is 29.5 Å². The van der Waals surface area contributed by atoms with E-state index in [1.807, 2.05) is 6.07 Å². The lowest BCUT2D eigenvalue weighted by Gasteiger charge is -2.38. The highest BCUT2D eigenvalue weighted by Crippen LogP contribution is 2.42. The van der Waals surface area contributed by atoms with Crippen molar-refractivity contribution in [3.05, 3.63) is 86.9 Å². The Balaban J connectivity index is 1.32. The number of halogens is 2. The molecule has 0 saturated heterocycles. The van der Waals surface area contributed by atoms with Gasteiger partial charge in [-0.3, -0.25) is 4.90 Å². The van der Waals surface area contributed by atoms with E-state index in [1.165, 1.54) is 12.0 Å². The number of benzene rings is 3. The monoisotopic (exact) mass is 615 g/mol. The van der Waals surface area contributed by atoms with Gasteiger partial charge in [-0.1, -0.05) is 29.3 Å². The van der Waals surface area contributed by atoms with Gasteiger partial charge in [-0.15, -0.1) is 0 Å². The van der Waals surface area contributed by atoms with Crippen molar-refractivity contribution in [1.29, 1.82) is 0 Å². The Hall–Kier alpha value is -3.66. The largest absolute Gasteiger partial charge is 0.489 e. The molecule has 0 aliphatic carbocycles. The van der Waals surface area contributed by atoms with Crippen LogP contribution < -0.4 is 14.2 Å². The first-order valence-corrected chi connectivity index (χ1v) is 14.1. The zero-order chi connectivity index (χ0) is 30.2. The van der Waals surface area contributed by atoms with Crippen LogP contribution in [-0.4, -0.2) is 47.4 Å². The number of carbonyl (C=O) groups excluding carboxylic acids is 2. The molecule has 11 heteroatoms. The van der Waals surface area contributed by atoms with Crippen molar-refractivity contribution in [2.75, 3.05) is 13.7 Å². The molecule has 0 fully saturated rings. The molecule has 1 unspecified atom stereocenters. The van der Waals surface area contributed by atoms with Gasteiger partial charge in [0, 0.05) is 12.0 Å². The highest BCUT2D eigenvalue weighted by atomic mass is 35.5. The summed E-state index contributed by atoms with van der Waals surface area (Å²) in [6, 6.07) is 14.8. The predicted octanol–water partition coefficient (Wildman–Crippen LogP) is 6.02. The summed E-state index contributed by atoms with van der Waals surface area (Å²) in [7, 11) is 1.28. The molecule has 5 rings (SSSR count). The number of esters is 1. The topological polar surface area (TPSA) is 104 Å². The van der Waals surface area contributed by atoms with Gasteiger partial charge in [-0.05, 0) is 86.0 Å². The molecule has 2 aliphatic heterocycles. The molecule has 222 valence electrons. The van der Waals surface area contributed by atoms with Crippen molar-refractivity contribution >= 4 is 35.3 Å². The van der Waals surface area contributed by atoms with Gasteiger partial charge in [0.1, 0.15) is 24.0 Å². The Morgan fingerprint density at radius 1 is 1.02 bits per heavy atom. The number of hydrogen-bond acceptors (Lipinski definition) is 8. The van der Waals surface area contributed by atoms with Crippen molar-refractivity contribution in [2.24, 2.45) is 0 Å². The van der Waals surface area contributed by atoms with Crippen molar-refractivity contribution < 1.29 is 38.4 Å². The van der Waals surface area contributed by atoms with E-state index in [1.54, 1.807) is 69.3 Å². The minimum Gasteiger partial charge on any atom is -0.489 e. The SMILES string of the molecule is COC(=O)C1Cc2cc3c(cc2CN1C(=O)OC(C)(C)C)O[C@@](O)(c1ccc(OCc2ccc(Cl)c(Cl)c2)cc1)CO3. The van der Waals surface area contributed by atoms with Crippen LogP contribution in [0.4, 0.5) is 4.79 Å². The van der Waals surface area contributed by atoms with Crippen LogP contribution in [0.1, 0.15) is 43.0 Å². The summed E-state index contributed by atoms with van der Waals surface area (Å²) in [5, 5.41) is 12.3. The quantitative estimate of drug-likeness (QED) is 0.347. The second-order valence-corrected chi connectivity index (χ2v) is 12.0. The third-order valence-electron chi connectivity index (χ3n) is 6.89. The van der Waals surface area contributed by atoms with Gasteiger partial charge in [0.15, 0.2) is 18.1 Å². The van der Waals surface area contributed by atoms with E-state index >= 15 is 0 Å². The van der Waals surface area contributed by atoms with Gasteiger partial charge >= 0.3 is 12.1 Å². The molecule has 2 heterocycles. The van der Waals surface area contributed by atoms with Crippen molar-refractivity contribution in [3.8, 4) is 17.2 Å². The second-order valence-electron chi connectivity index (χ2n) is 11.2. The first kappa shape index (κ1) is 29.8. The van der Waals surface area contributed by atoms with Gasteiger partial charge in [0.25, 0.3) is 5.79 Å². The van der Waals surface area contributed by atoms with E-state index in [9.17, 15) is 14.7 Å². The molecular weight excluding hydrogens is 585 g/mol. The molecule has 2 aliphatic rings. The summed E-state index contributed by atoms with van der Waals surface area (Å²) in [6.45, 7) is 5.48. The predicted molar refractivity (Wildman–Crippen MR) is 155 cm³/mol. The Bertz CT molecular complexity index is 1500. The Labute approximate surface area is 253 Å². The number of hydrogen-bond donors (Lipinski definition) is 1. The number of amides is 1. The van der Waals surface area contributed by atoms with Gasteiger partial charge in [-0.2, -0.15) is 0 Å². The number of carbonyl (C=O) groups is 2. The summed E-state index contributed by atoms with van der Waals surface area (Å²) >= 11 is 12.1. The zero-order valence-electron chi connectivity index (χ0n) is 23.6. The number of nitrogens with zero attached hydrogens (tertiary/aromatic N) is 1. The molecule has 0 bridgehead atoms. The van der Waals surface area contributed by atoms with E-state index in [2.05, 4.69) is 0 Å². The smallest absolute Gasteiger partial charge is 0.411 e. The van der Waals surface area contributed by atoms with Crippen LogP contribution in [0.15, 0.2) is 54.6 Å². The van der Waals surface area contributed by atoms with E-state index in [0.717, 1.165) is 16.7 Å². The van der Waals surface area contributed by atoms with E-state index in [4.69, 9.17) is 46.9 Å². The normalized spacial score (nSPS) is 19.5. The summed E-state index contributed by atoms with van der Waals surface area (Å²) in [4.78, 5) is 26.9.